The number of aliphatic imine (C=N–C) groups is 1. The lowest BCUT2D eigenvalue weighted by Crippen LogP contribution is -2.38. The van der Waals surface area contributed by atoms with Gasteiger partial charge in [0.2, 0.25) is 5.91 Å². The molecule has 3 aromatic rings. The molecule has 32 heavy (non-hydrogen) atoms. The molecule has 0 saturated carbocycles. The Kier molecular flexibility index (Phi) is 8.89. The summed E-state index contributed by atoms with van der Waals surface area (Å²) in [6.45, 7) is 2.51. The van der Waals surface area contributed by atoms with E-state index in [0.717, 1.165) is 34.4 Å². The van der Waals surface area contributed by atoms with Crippen LogP contribution in [0, 0.1) is 0 Å². The number of aliphatic hydroxyl groups excluding tert-OH is 1. The first-order valence-corrected chi connectivity index (χ1v) is 11.4. The van der Waals surface area contributed by atoms with E-state index in [-0.39, 0.29) is 29.9 Å². The Labute approximate surface area is 209 Å². The summed E-state index contributed by atoms with van der Waals surface area (Å²) in [5, 5.41) is 18.2. The molecule has 2 heterocycles. The molecule has 1 aliphatic rings. The van der Waals surface area contributed by atoms with Crippen LogP contribution in [0.5, 0.6) is 0 Å². The number of rotatable bonds is 7. The number of hydrogen-bond acceptors (Lipinski definition) is 4. The van der Waals surface area contributed by atoms with Crippen LogP contribution in [0.4, 0.5) is 0 Å². The van der Waals surface area contributed by atoms with Gasteiger partial charge in [-0.2, -0.15) is 0 Å². The summed E-state index contributed by atoms with van der Waals surface area (Å²) in [7, 11) is 1.72. The SMILES string of the molecule is CN=C(NCc1cccc(CN2CCCC2=O)c1)NCC(O)c1cc2ccccc2s1.I. The normalized spacial score (nSPS) is 15.0. The number of nitrogens with zero attached hydrogens (tertiary/aromatic N) is 2. The molecule has 1 aromatic heterocycles. The number of halogens is 1. The van der Waals surface area contributed by atoms with Crippen LogP contribution in [-0.2, 0) is 17.9 Å². The zero-order valence-corrected chi connectivity index (χ0v) is 21.2. The van der Waals surface area contributed by atoms with E-state index in [9.17, 15) is 9.90 Å². The number of benzene rings is 2. The molecule has 4 rings (SSSR count). The molecule has 1 amide bonds. The topological polar surface area (TPSA) is 77.0 Å². The Morgan fingerprint density at radius 1 is 1.16 bits per heavy atom. The molecule has 3 N–H and O–H groups in total. The van der Waals surface area contributed by atoms with E-state index in [0.29, 0.717) is 32.0 Å². The number of amides is 1. The average molecular weight is 564 g/mol. The predicted molar refractivity (Wildman–Crippen MR) is 141 cm³/mol. The van der Waals surface area contributed by atoms with Gasteiger partial charge in [0.15, 0.2) is 5.96 Å². The lowest BCUT2D eigenvalue weighted by molar-refractivity contribution is -0.128. The van der Waals surface area contributed by atoms with Crippen molar-refractivity contribution in [3.8, 4) is 0 Å². The van der Waals surface area contributed by atoms with Crippen molar-refractivity contribution in [3.05, 3.63) is 70.6 Å². The van der Waals surface area contributed by atoms with Gasteiger partial charge in [-0.3, -0.25) is 9.79 Å². The maximum atomic E-state index is 11.9. The highest BCUT2D eigenvalue weighted by Gasteiger charge is 2.20. The van der Waals surface area contributed by atoms with Gasteiger partial charge >= 0.3 is 0 Å². The molecule has 0 aliphatic carbocycles. The van der Waals surface area contributed by atoms with Crippen molar-refractivity contribution in [1.82, 2.24) is 15.5 Å². The Bertz CT molecular complexity index is 1050. The third-order valence-corrected chi connectivity index (χ3v) is 6.67. The average Bonchev–Trinajstić information content (AvgIpc) is 3.40. The van der Waals surface area contributed by atoms with Crippen LogP contribution >= 0.6 is 35.3 Å². The van der Waals surface area contributed by atoms with Crippen molar-refractivity contribution < 1.29 is 9.90 Å². The van der Waals surface area contributed by atoms with Crippen molar-refractivity contribution in [3.63, 3.8) is 0 Å². The Morgan fingerprint density at radius 2 is 1.97 bits per heavy atom. The lowest BCUT2D eigenvalue weighted by Gasteiger charge is -2.17. The zero-order chi connectivity index (χ0) is 21.6. The third kappa shape index (κ3) is 6.20. The highest BCUT2D eigenvalue weighted by Crippen LogP contribution is 2.29. The molecule has 1 saturated heterocycles. The second kappa shape index (κ2) is 11.6. The van der Waals surface area contributed by atoms with E-state index in [1.165, 1.54) is 4.70 Å². The van der Waals surface area contributed by atoms with E-state index < -0.39 is 6.10 Å². The standard InChI is InChI=1S/C24H28N4O2S.HI/c1-25-24(27-15-20(29)22-13-19-8-2-3-9-21(19)31-22)26-14-17-6-4-7-18(12-17)16-28-11-5-10-23(28)30;/h2-4,6-9,12-13,20,29H,5,10-11,14-16H2,1H3,(H2,25,26,27);1H. The highest BCUT2D eigenvalue weighted by atomic mass is 127. The molecular formula is C24H29IN4O2S. The summed E-state index contributed by atoms with van der Waals surface area (Å²) in [6.07, 6.45) is 1.02. The van der Waals surface area contributed by atoms with Crippen molar-refractivity contribution in [2.24, 2.45) is 4.99 Å². The second-order valence-corrected chi connectivity index (χ2v) is 8.86. The van der Waals surface area contributed by atoms with Crippen LogP contribution in [0.3, 0.4) is 0 Å². The molecule has 1 aliphatic heterocycles. The first-order chi connectivity index (χ1) is 15.1. The molecule has 1 unspecified atom stereocenters. The Hall–Kier alpha value is -2.17. The molecule has 0 spiro atoms. The minimum atomic E-state index is -0.600. The van der Waals surface area contributed by atoms with Crippen LogP contribution in [0.25, 0.3) is 10.1 Å². The number of hydrogen-bond donors (Lipinski definition) is 3. The van der Waals surface area contributed by atoms with Crippen molar-refractivity contribution >= 4 is 57.3 Å². The maximum Gasteiger partial charge on any atom is 0.222 e. The van der Waals surface area contributed by atoms with Crippen LogP contribution in [0.15, 0.2) is 59.6 Å². The van der Waals surface area contributed by atoms with E-state index in [4.69, 9.17) is 0 Å². The van der Waals surface area contributed by atoms with Gasteiger partial charge < -0.3 is 20.6 Å². The number of guanidine groups is 1. The number of aliphatic hydroxyl groups is 1. The molecule has 1 atom stereocenters. The quantitative estimate of drug-likeness (QED) is 0.230. The van der Waals surface area contributed by atoms with Crippen LogP contribution < -0.4 is 10.6 Å². The molecule has 8 heteroatoms. The van der Waals surface area contributed by atoms with Crippen molar-refractivity contribution in [2.45, 2.75) is 32.0 Å². The molecular weight excluding hydrogens is 535 g/mol. The molecule has 0 radical (unpaired) electrons. The number of nitrogens with one attached hydrogen (secondary N) is 2. The fraction of sp³-hybridized carbons (Fsp3) is 0.333. The number of likely N-dealkylation sites (tertiary alicyclic amines) is 1. The van der Waals surface area contributed by atoms with Gasteiger partial charge in [0.1, 0.15) is 6.10 Å². The monoisotopic (exact) mass is 564 g/mol. The fourth-order valence-electron chi connectivity index (χ4n) is 3.80. The van der Waals surface area contributed by atoms with E-state index in [1.54, 1.807) is 18.4 Å². The Morgan fingerprint density at radius 3 is 2.72 bits per heavy atom. The van der Waals surface area contributed by atoms with Gasteiger partial charge in [-0.15, -0.1) is 35.3 Å². The van der Waals surface area contributed by atoms with Gasteiger partial charge in [-0.1, -0.05) is 42.5 Å². The maximum absolute atomic E-state index is 11.9. The largest absolute Gasteiger partial charge is 0.386 e. The first kappa shape index (κ1) is 24.5. The minimum Gasteiger partial charge on any atom is -0.386 e. The number of fused-ring (bicyclic) bond motifs is 1. The fourth-order valence-corrected chi connectivity index (χ4v) is 4.85. The highest BCUT2D eigenvalue weighted by molar-refractivity contribution is 14.0. The molecule has 170 valence electrons. The summed E-state index contributed by atoms with van der Waals surface area (Å²) < 4.78 is 1.18. The number of carbonyl (C=O) groups excluding carboxylic acids is 1. The van der Waals surface area contributed by atoms with Crippen LogP contribution in [0.2, 0.25) is 0 Å². The number of thiophene rings is 1. The molecule has 2 aromatic carbocycles. The van der Waals surface area contributed by atoms with E-state index >= 15 is 0 Å². The molecule has 0 bridgehead atoms. The van der Waals surface area contributed by atoms with Crippen LogP contribution in [-0.4, -0.2) is 42.0 Å². The molecule has 6 nitrogen and oxygen atoms in total. The summed E-state index contributed by atoms with van der Waals surface area (Å²) in [5.41, 5.74) is 2.26. The van der Waals surface area contributed by atoms with Gasteiger partial charge in [0.25, 0.3) is 0 Å². The zero-order valence-electron chi connectivity index (χ0n) is 18.1. The van der Waals surface area contributed by atoms with E-state index in [2.05, 4.69) is 46.0 Å². The summed E-state index contributed by atoms with van der Waals surface area (Å²) in [5.74, 6) is 0.880. The summed E-state index contributed by atoms with van der Waals surface area (Å²) in [4.78, 5) is 19.0. The van der Waals surface area contributed by atoms with Crippen LogP contribution in [0.1, 0.15) is 34.9 Å². The van der Waals surface area contributed by atoms with Gasteiger partial charge in [0, 0.05) is 49.2 Å². The summed E-state index contributed by atoms with van der Waals surface area (Å²) >= 11 is 1.61. The summed E-state index contributed by atoms with van der Waals surface area (Å²) in [6, 6.07) is 18.4. The second-order valence-electron chi connectivity index (χ2n) is 7.75. The lowest BCUT2D eigenvalue weighted by atomic mass is 10.1. The number of carbonyl (C=O) groups is 1. The smallest absolute Gasteiger partial charge is 0.222 e. The third-order valence-electron chi connectivity index (χ3n) is 5.46. The van der Waals surface area contributed by atoms with Crippen molar-refractivity contribution in [2.75, 3.05) is 20.1 Å². The molecule has 1 fully saturated rings. The van der Waals surface area contributed by atoms with Crippen molar-refractivity contribution in [1.29, 1.82) is 0 Å². The predicted octanol–water partition coefficient (Wildman–Crippen LogP) is 4.04. The van der Waals surface area contributed by atoms with Gasteiger partial charge in [-0.25, -0.2) is 0 Å². The van der Waals surface area contributed by atoms with Gasteiger partial charge in [-0.05, 0) is 35.1 Å². The first-order valence-electron chi connectivity index (χ1n) is 10.6. The Balaban J connectivity index is 0.00000289. The minimum absolute atomic E-state index is 0. The van der Waals surface area contributed by atoms with Gasteiger partial charge in [0.05, 0.1) is 0 Å². The van der Waals surface area contributed by atoms with E-state index in [1.807, 2.05) is 29.2 Å².